The third-order valence-corrected chi connectivity index (χ3v) is 4.51. The summed E-state index contributed by atoms with van der Waals surface area (Å²) in [5.41, 5.74) is 1.10. The fourth-order valence-electron chi connectivity index (χ4n) is 2.76. The van der Waals surface area contributed by atoms with Crippen LogP contribution in [0.5, 0.6) is 0 Å². The highest BCUT2D eigenvalue weighted by atomic mass is 32.1. The number of amides is 2. The number of nitrogens with zero attached hydrogens (tertiary/aromatic N) is 1. The van der Waals surface area contributed by atoms with Crippen LogP contribution >= 0.6 is 11.3 Å². The van der Waals surface area contributed by atoms with Gasteiger partial charge in [-0.05, 0) is 41.1 Å². The molecule has 1 aromatic rings. The highest BCUT2D eigenvalue weighted by Gasteiger charge is 2.40. The van der Waals surface area contributed by atoms with Gasteiger partial charge in [0, 0.05) is 6.54 Å². The maximum atomic E-state index is 12.7. The van der Waals surface area contributed by atoms with Gasteiger partial charge in [0.2, 0.25) is 11.8 Å². The van der Waals surface area contributed by atoms with Gasteiger partial charge in [0.25, 0.3) is 0 Å². The van der Waals surface area contributed by atoms with Gasteiger partial charge >= 0.3 is 0 Å². The fourth-order valence-corrected chi connectivity index (χ4v) is 3.42. The Morgan fingerprint density at radius 1 is 1.38 bits per heavy atom. The molecule has 0 aromatic carbocycles. The number of thiophene rings is 1. The lowest BCUT2D eigenvalue weighted by atomic mass is 9.96. The first kappa shape index (κ1) is 16.0. The maximum Gasteiger partial charge on any atom is 0.246 e. The molecule has 0 saturated carbocycles. The molecule has 4 nitrogen and oxygen atoms in total. The second kappa shape index (κ2) is 7.07. The van der Waals surface area contributed by atoms with Crippen LogP contribution < -0.4 is 5.32 Å². The number of piperazine rings is 1. The predicted octanol–water partition coefficient (Wildman–Crippen LogP) is 2.79. The molecular formula is C16H24N2O2S. The van der Waals surface area contributed by atoms with E-state index in [9.17, 15) is 9.59 Å². The number of carbonyl (C=O) groups is 2. The normalized spacial score (nSPS) is 22.8. The second-order valence-corrected chi connectivity index (χ2v) is 6.87. The minimum Gasteiger partial charge on any atom is -0.343 e. The van der Waals surface area contributed by atoms with Crippen LogP contribution in [0.25, 0.3) is 0 Å². The van der Waals surface area contributed by atoms with Crippen molar-refractivity contribution >= 4 is 23.2 Å². The van der Waals surface area contributed by atoms with Crippen molar-refractivity contribution in [3.05, 3.63) is 22.4 Å². The van der Waals surface area contributed by atoms with Crippen molar-refractivity contribution in [3.8, 4) is 0 Å². The zero-order valence-electron chi connectivity index (χ0n) is 13.0. The van der Waals surface area contributed by atoms with E-state index in [0.29, 0.717) is 25.3 Å². The molecule has 0 spiro atoms. The summed E-state index contributed by atoms with van der Waals surface area (Å²) in [6, 6.07) is 1.32. The van der Waals surface area contributed by atoms with Crippen LogP contribution in [-0.4, -0.2) is 28.8 Å². The van der Waals surface area contributed by atoms with E-state index in [4.69, 9.17) is 0 Å². The average Bonchev–Trinajstić information content (AvgIpc) is 2.92. The minimum atomic E-state index is -0.357. The minimum absolute atomic E-state index is 0.00280. The van der Waals surface area contributed by atoms with Crippen molar-refractivity contribution in [2.24, 2.45) is 5.92 Å². The molecule has 0 aliphatic carbocycles. The van der Waals surface area contributed by atoms with Crippen LogP contribution in [0.2, 0.25) is 0 Å². The molecule has 1 N–H and O–H groups in total. The summed E-state index contributed by atoms with van der Waals surface area (Å²) in [5.74, 6) is 0.437. The van der Waals surface area contributed by atoms with Crippen LogP contribution in [0.3, 0.4) is 0 Å². The standard InChI is InChI=1S/C16H24N2O2S/c1-4-5-13-16(20)18(9-12-6-7-21-10-12)14(8-11(2)3)15(19)17-13/h6-7,10-11,13-14H,4-5,8-9H2,1-3H3,(H,17,19). The number of rotatable bonds is 6. The summed E-state index contributed by atoms with van der Waals surface area (Å²) < 4.78 is 0. The van der Waals surface area contributed by atoms with Gasteiger partial charge in [-0.1, -0.05) is 27.2 Å². The summed E-state index contributed by atoms with van der Waals surface area (Å²) >= 11 is 1.62. The Labute approximate surface area is 130 Å². The largest absolute Gasteiger partial charge is 0.343 e. The SMILES string of the molecule is CCCC1NC(=O)C(CC(C)C)N(Cc2ccsc2)C1=O. The van der Waals surface area contributed by atoms with E-state index in [0.717, 1.165) is 12.0 Å². The Morgan fingerprint density at radius 3 is 2.71 bits per heavy atom. The molecule has 2 heterocycles. The van der Waals surface area contributed by atoms with Crippen LogP contribution in [0, 0.1) is 5.92 Å². The molecule has 1 saturated heterocycles. The van der Waals surface area contributed by atoms with Gasteiger partial charge in [-0.15, -0.1) is 0 Å². The molecule has 1 fully saturated rings. The summed E-state index contributed by atoms with van der Waals surface area (Å²) in [4.78, 5) is 26.9. The van der Waals surface area contributed by atoms with E-state index < -0.39 is 0 Å². The van der Waals surface area contributed by atoms with Crippen molar-refractivity contribution in [2.75, 3.05) is 0 Å². The molecular weight excluding hydrogens is 284 g/mol. The van der Waals surface area contributed by atoms with E-state index in [1.54, 1.807) is 16.2 Å². The summed E-state index contributed by atoms with van der Waals surface area (Å²) in [6.45, 7) is 6.73. The first-order valence-corrected chi connectivity index (χ1v) is 8.59. The Kier molecular flexibility index (Phi) is 5.39. The van der Waals surface area contributed by atoms with Gasteiger partial charge in [0.15, 0.2) is 0 Å². The number of nitrogens with one attached hydrogen (secondary N) is 1. The zero-order chi connectivity index (χ0) is 15.4. The molecule has 5 heteroatoms. The summed E-state index contributed by atoms with van der Waals surface area (Å²) in [6.07, 6.45) is 2.30. The second-order valence-electron chi connectivity index (χ2n) is 6.09. The van der Waals surface area contributed by atoms with Gasteiger partial charge < -0.3 is 10.2 Å². The van der Waals surface area contributed by atoms with Crippen LogP contribution in [-0.2, 0) is 16.1 Å². The summed E-state index contributed by atoms with van der Waals surface area (Å²) in [5, 5.41) is 6.95. The lowest BCUT2D eigenvalue weighted by molar-refractivity contribution is -0.150. The molecule has 1 aliphatic heterocycles. The third kappa shape index (κ3) is 3.84. The highest BCUT2D eigenvalue weighted by Crippen LogP contribution is 2.22. The van der Waals surface area contributed by atoms with Crippen LogP contribution in [0.1, 0.15) is 45.6 Å². The number of hydrogen-bond acceptors (Lipinski definition) is 3. The molecule has 2 amide bonds. The zero-order valence-corrected chi connectivity index (χ0v) is 13.8. The molecule has 21 heavy (non-hydrogen) atoms. The Hall–Kier alpha value is -1.36. The van der Waals surface area contributed by atoms with Gasteiger partial charge in [-0.25, -0.2) is 0 Å². The van der Waals surface area contributed by atoms with E-state index in [2.05, 4.69) is 19.2 Å². The van der Waals surface area contributed by atoms with Gasteiger partial charge in [0.05, 0.1) is 0 Å². The molecule has 0 bridgehead atoms. The van der Waals surface area contributed by atoms with Crippen molar-refractivity contribution in [1.29, 1.82) is 0 Å². The molecule has 2 rings (SSSR count). The summed E-state index contributed by atoms with van der Waals surface area (Å²) in [7, 11) is 0. The lowest BCUT2D eigenvalue weighted by Gasteiger charge is -2.39. The van der Waals surface area contributed by atoms with Crippen LogP contribution in [0.4, 0.5) is 0 Å². The highest BCUT2D eigenvalue weighted by molar-refractivity contribution is 7.07. The van der Waals surface area contributed by atoms with Gasteiger partial charge in [-0.3, -0.25) is 9.59 Å². The van der Waals surface area contributed by atoms with E-state index in [1.807, 2.05) is 23.8 Å². The average molecular weight is 308 g/mol. The topological polar surface area (TPSA) is 49.4 Å². The Bertz CT molecular complexity index is 484. The number of hydrogen-bond donors (Lipinski definition) is 1. The quantitative estimate of drug-likeness (QED) is 0.878. The van der Waals surface area contributed by atoms with Crippen molar-refractivity contribution in [3.63, 3.8) is 0 Å². The Morgan fingerprint density at radius 2 is 2.14 bits per heavy atom. The molecule has 2 atom stereocenters. The Balaban J connectivity index is 2.21. The molecule has 116 valence electrons. The number of carbonyl (C=O) groups excluding carboxylic acids is 2. The van der Waals surface area contributed by atoms with E-state index in [1.165, 1.54) is 0 Å². The van der Waals surface area contributed by atoms with Crippen molar-refractivity contribution in [2.45, 2.75) is 58.7 Å². The van der Waals surface area contributed by atoms with Crippen molar-refractivity contribution in [1.82, 2.24) is 10.2 Å². The smallest absolute Gasteiger partial charge is 0.246 e. The lowest BCUT2D eigenvalue weighted by Crippen LogP contribution is -2.63. The molecule has 1 aromatic heterocycles. The van der Waals surface area contributed by atoms with E-state index >= 15 is 0 Å². The van der Waals surface area contributed by atoms with Crippen LogP contribution in [0.15, 0.2) is 16.8 Å². The molecule has 2 unspecified atom stereocenters. The van der Waals surface area contributed by atoms with E-state index in [-0.39, 0.29) is 23.9 Å². The van der Waals surface area contributed by atoms with Crippen molar-refractivity contribution < 1.29 is 9.59 Å². The van der Waals surface area contributed by atoms with Gasteiger partial charge in [0.1, 0.15) is 12.1 Å². The fraction of sp³-hybridized carbons (Fsp3) is 0.625. The monoisotopic (exact) mass is 308 g/mol. The first-order chi connectivity index (χ1) is 10.0. The predicted molar refractivity (Wildman–Crippen MR) is 85.0 cm³/mol. The van der Waals surface area contributed by atoms with Gasteiger partial charge in [-0.2, -0.15) is 11.3 Å². The molecule has 1 aliphatic rings. The third-order valence-electron chi connectivity index (χ3n) is 3.78. The first-order valence-electron chi connectivity index (χ1n) is 7.64. The molecule has 0 radical (unpaired) electrons. The maximum absolute atomic E-state index is 12.7.